The molecule has 3 rings (SSSR count). The zero-order chi connectivity index (χ0) is 18.2. The maximum atomic E-state index is 12.5. The van der Waals surface area contributed by atoms with Gasteiger partial charge in [0.2, 0.25) is 11.8 Å². The predicted octanol–water partition coefficient (Wildman–Crippen LogP) is 2.22. The molecule has 1 aromatic heterocycles. The third-order valence-electron chi connectivity index (χ3n) is 4.79. The van der Waals surface area contributed by atoms with Crippen LogP contribution < -0.4 is 5.32 Å². The summed E-state index contributed by atoms with van der Waals surface area (Å²) in [6.07, 6.45) is 4.38. The van der Waals surface area contributed by atoms with Crippen LogP contribution in [0.3, 0.4) is 0 Å². The maximum absolute atomic E-state index is 12.5. The molecular weight excluding hydrogens is 326 g/mol. The first-order chi connectivity index (χ1) is 12.7. The number of aromatic nitrogens is 1. The van der Waals surface area contributed by atoms with Crippen molar-refractivity contribution in [3.8, 4) is 0 Å². The van der Waals surface area contributed by atoms with E-state index in [1.165, 1.54) is 5.56 Å². The number of carbonyl (C=O) groups is 2. The van der Waals surface area contributed by atoms with Crippen LogP contribution in [0.5, 0.6) is 0 Å². The molecule has 2 amide bonds. The Balaban J connectivity index is 1.45. The summed E-state index contributed by atoms with van der Waals surface area (Å²) in [5, 5.41) is 3.02. The summed E-state index contributed by atoms with van der Waals surface area (Å²) in [7, 11) is 0. The van der Waals surface area contributed by atoms with Gasteiger partial charge in [-0.05, 0) is 30.5 Å². The van der Waals surface area contributed by atoms with Gasteiger partial charge in [-0.2, -0.15) is 0 Å². The maximum Gasteiger partial charge on any atom is 0.224 e. The molecule has 0 radical (unpaired) electrons. The first-order valence-electron chi connectivity index (χ1n) is 9.21. The van der Waals surface area contributed by atoms with E-state index >= 15 is 0 Å². The molecule has 1 aliphatic heterocycles. The lowest BCUT2D eigenvalue weighted by atomic mass is 9.96. The minimum absolute atomic E-state index is 0.0521. The second-order valence-corrected chi connectivity index (χ2v) is 6.67. The number of likely N-dealkylation sites (tertiary alicyclic amines) is 1. The van der Waals surface area contributed by atoms with E-state index in [1.807, 2.05) is 36.4 Å². The molecule has 1 saturated heterocycles. The minimum atomic E-state index is -0.118. The van der Waals surface area contributed by atoms with E-state index in [0.29, 0.717) is 32.5 Å². The molecule has 1 aromatic carbocycles. The molecule has 0 unspecified atom stereocenters. The van der Waals surface area contributed by atoms with Crippen LogP contribution >= 0.6 is 0 Å². The second kappa shape index (κ2) is 9.13. The van der Waals surface area contributed by atoms with Gasteiger partial charge in [0.05, 0.1) is 5.92 Å². The highest BCUT2D eigenvalue weighted by atomic mass is 16.2. The first-order valence-corrected chi connectivity index (χ1v) is 9.21. The quantitative estimate of drug-likeness (QED) is 0.832. The van der Waals surface area contributed by atoms with Crippen LogP contribution in [0.15, 0.2) is 54.7 Å². The van der Waals surface area contributed by atoms with Crippen molar-refractivity contribution >= 4 is 11.8 Å². The molecule has 5 nitrogen and oxygen atoms in total. The van der Waals surface area contributed by atoms with Gasteiger partial charge in [-0.3, -0.25) is 14.6 Å². The molecule has 0 bridgehead atoms. The summed E-state index contributed by atoms with van der Waals surface area (Å²) in [6.45, 7) is 1.74. The van der Waals surface area contributed by atoms with E-state index in [2.05, 4.69) is 22.4 Å². The Bertz CT molecular complexity index is 719. The summed E-state index contributed by atoms with van der Waals surface area (Å²) in [4.78, 5) is 30.7. The van der Waals surface area contributed by atoms with Crippen molar-refractivity contribution in [3.05, 3.63) is 66.0 Å². The van der Waals surface area contributed by atoms with Gasteiger partial charge in [-0.25, -0.2) is 0 Å². The van der Waals surface area contributed by atoms with Crippen LogP contribution in [0.2, 0.25) is 0 Å². The number of piperidine rings is 1. The van der Waals surface area contributed by atoms with Crippen molar-refractivity contribution in [3.63, 3.8) is 0 Å². The minimum Gasteiger partial charge on any atom is -0.355 e. The molecule has 2 aromatic rings. The van der Waals surface area contributed by atoms with Crippen molar-refractivity contribution < 1.29 is 9.59 Å². The zero-order valence-electron chi connectivity index (χ0n) is 14.9. The number of hydrogen-bond acceptors (Lipinski definition) is 3. The van der Waals surface area contributed by atoms with E-state index in [0.717, 1.165) is 18.5 Å². The van der Waals surface area contributed by atoms with Crippen LogP contribution in [-0.2, 0) is 22.4 Å². The van der Waals surface area contributed by atoms with E-state index in [-0.39, 0.29) is 17.7 Å². The zero-order valence-corrected chi connectivity index (χ0v) is 14.9. The van der Waals surface area contributed by atoms with Gasteiger partial charge in [0, 0.05) is 44.4 Å². The van der Waals surface area contributed by atoms with Crippen LogP contribution in [0, 0.1) is 5.92 Å². The number of benzene rings is 1. The highest BCUT2D eigenvalue weighted by Gasteiger charge is 2.29. The standard InChI is InChI=1S/C21H25N3O2/c25-20-10-9-18(16-24(20)15-12-19-8-4-5-13-22-19)21(26)23-14-11-17-6-2-1-3-7-17/h1-8,13,18H,9-12,14-16H2,(H,23,26)/t18-/m0/s1. The monoisotopic (exact) mass is 351 g/mol. The highest BCUT2D eigenvalue weighted by molar-refractivity contribution is 5.83. The number of rotatable bonds is 7. The van der Waals surface area contributed by atoms with Crippen molar-refractivity contribution in [1.29, 1.82) is 0 Å². The molecular formula is C21H25N3O2. The van der Waals surface area contributed by atoms with Crippen LogP contribution in [0.25, 0.3) is 0 Å². The fourth-order valence-electron chi connectivity index (χ4n) is 3.26. The Labute approximate surface area is 154 Å². The van der Waals surface area contributed by atoms with E-state index in [4.69, 9.17) is 0 Å². The molecule has 5 heteroatoms. The normalized spacial score (nSPS) is 17.2. The topological polar surface area (TPSA) is 62.3 Å². The predicted molar refractivity (Wildman–Crippen MR) is 100 cm³/mol. The molecule has 2 heterocycles. The fourth-order valence-corrected chi connectivity index (χ4v) is 3.26. The largest absolute Gasteiger partial charge is 0.355 e. The summed E-state index contributed by atoms with van der Waals surface area (Å²) >= 11 is 0. The van der Waals surface area contributed by atoms with Gasteiger partial charge in [0.1, 0.15) is 0 Å². The van der Waals surface area contributed by atoms with E-state index < -0.39 is 0 Å². The third kappa shape index (κ3) is 5.15. The van der Waals surface area contributed by atoms with Crippen LogP contribution in [0.1, 0.15) is 24.1 Å². The molecule has 1 N–H and O–H groups in total. The number of nitrogens with one attached hydrogen (secondary N) is 1. The van der Waals surface area contributed by atoms with Crippen molar-refractivity contribution in [2.24, 2.45) is 5.92 Å². The average molecular weight is 351 g/mol. The van der Waals surface area contributed by atoms with Crippen molar-refractivity contribution in [1.82, 2.24) is 15.2 Å². The average Bonchev–Trinajstić information content (AvgIpc) is 2.69. The van der Waals surface area contributed by atoms with Gasteiger partial charge in [0.25, 0.3) is 0 Å². The number of amides is 2. The lowest BCUT2D eigenvalue weighted by Crippen LogP contribution is -2.46. The van der Waals surface area contributed by atoms with Gasteiger partial charge in [0.15, 0.2) is 0 Å². The molecule has 136 valence electrons. The van der Waals surface area contributed by atoms with E-state index in [9.17, 15) is 9.59 Å². The molecule has 0 spiro atoms. The summed E-state index contributed by atoms with van der Waals surface area (Å²) in [5.74, 6) is 0.0674. The second-order valence-electron chi connectivity index (χ2n) is 6.67. The lowest BCUT2D eigenvalue weighted by Gasteiger charge is -2.32. The van der Waals surface area contributed by atoms with Crippen LogP contribution in [-0.4, -0.2) is 41.3 Å². The SMILES string of the molecule is O=C(NCCc1ccccc1)[C@H]1CCC(=O)N(CCc2ccccn2)C1. The molecule has 0 aliphatic carbocycles. The fraction of sp³-hybridized carbons (Fsp3) is 0.381. The molecule has 1 atom stereocenters. The Morgan fingerprint density at radius 3 is 2.69 bits per heavy atom. The Kier molecular flexibility index (Phi) is 6.36. The summed E-state index contributed by atoms with van der Waals surface area (Å²) in [6, 6.07) is 15.9. The van der Waals surface area contributed by atoms with Gasteiger partial charge in [-0.15, -0.1) is 0 Å². The Morgan fingerprint density at radius 2 is 1.92 bits per heavy atom. The lowest BCUT2D eigenvalue weighted by molar-refractivity contribution is -0.138. The number of hydrogen-bond donors (Lipinski definition) is 1. The molecule has 26 heavy (non-hydrogen) atoms. The smallest absolute Gasteiger partial charge is 0.224 e. The molecule has 0 saturated carbocycles. The summed E-state index contributed by atoms with van der Waals surface area (Å²) in [5.41, 5.74) is 2.18. The highest BCUT2D eigenvalue weighted by Crippen LogP contribution is 2.18. The number of nitrogens with zero attached hydrogens (tertiary/aromatic N) is 2. The Morgan fingerprint density at radius 1 is 1.12 bits per heavy atom. The number of pyridine rings is 1. The van der Waals surface area contributed by atoms with Crippen molar-refractivity contribution in [2.75, 3.05) is 19.6 Å². The van der Waals surface area contributed by atoms with Gasteiger partial charge >= 0.3 is 0 Å². The first kappa shape index (κ1) is 18.1. The summed E-state index contributed by atoms with van der Waals surface area (Å²) < 4.78 is 0. The molecule has 1 aliphatic rings. The van der Waals surface area contributed by atoms with Gasteiger partial charge in [-0.1, -0.05) is 36.4 Å². The number of carbonyl (C=O) groups excluding carboxylic acids is 2. The third-order valence-corrected chi connectivity index (χ3v) is 4.79. The van der Waals surface area contributed by atoms with Crippen molar-refractivity contribution in [2.45, 2.75) is 25.7 Å². The van der Waals surface area contributed by atoms with Crippen LogP contribution in [0.4, 0.5) is 0 Å². The Hall–Kier alpha value is -2.69. The molecule has 1 fully saturated rings. The van der Waals surface area contributed by atoms with Gasteiger partial charge < -0.3 is 10.2 Å². The van der Waals surface area contributed by atoms with E-state index in [1.54, 1.807) is 11.1 Å².